The van der Waals surface area contributed by atoms with Crippen LogP contribution >= 0.6 is 11.6 Å². The molecule has 4 nitrogen and oxygen atoms in total. The van der Waals surface area contributed by atoms with Gasteiger partial charge in [-0.2, -0.15) is 0 Å². The number of halogens is 2. The Bertz CT molecular complexity index is 481. The summed E-state index contributed by atoms with van der Waals surface area (Å²) in [7, 11) is 3.72. The van der Waals surface area contributed by atoms with Crippen LogP contribution < -0.4 is 4.74 Å². The molecule has 6 heteroatoms. The molecule has 1 aliphatic heterocycles. The SMILES string of the molecule is CN(C)C1CCN(C(=O)COc2ccc(Cl)cc2)CC1F. The van der Waals surface area contributed by atoms with Crippen LogP contribution in [0.1, 0.15) is 6.42 Å². The van der Waals surface area contributed by atoms with Crippen molar-refractivity contribution in [1.82, 2.24) is 9.80 Å². The molecule has 1 aliphatic rings. The van der Waals surface area contributed by atoms with Gasteiger partial charge >= 0.3 is 0 Å². The van der Waals surface area contributed by atoms with E-state index in [1.165, 1.54) is 4.90 Å². The summed E-state index contributed by atoms with van der Waals surface area (Å²) >= 11 is 5.77. The number of piperidine rings is 1. The molecule has 1 aromatic carbocycles. The van der Waals surface area contributed by atoms with Crippen molar-refractivity contribution >= 4 is 17.5 Å². The zero-order valence-electron chi connectivity index (χ0n) is 12.3. The van der Waals surface area contributed by atoms with E-state index in [2.05, 4.69) is 0 Å². The van der Waals surface area contributed by atoms with Crippen LogP contribution in [0, 0.1) is 0 Å². The van der Waals surface area contributed by atoms with Gasteiger partial charge in [0.2, 0.25) is 0 Å². The minimum absolute atomic E-state index is 0.0824. The number of nitrogens with zero attached hydrogens (tertiary/aromatic N) is 2. The van der Waals surface area contributed by atoms with Crippen LogP contribution in [0.25, 0.3) is 0 Å². The largest absolute Gasteiger partial charge is 0.484 e. The van der Waals surface area contributed by atoms with Gasteiger partial charge in [0.25, 0.3) is 5.91 Å². The molecule has 0 saturated carbocycles. The summed E-state index contributed by atoms with van der Waals surface area (Å²) in [6.07, 6.45) is -0.380. The van der Waals surface area contributed by atoms with Crippen LogP contribution in [-0.2, 0) is 4.79 Å². The van der Waals surface area contributed by atoms with E-state index < -0.39 is 6.17 Å². The molecular weight excluding hydrogens is 295 g/mol. The van der Waals surface area contributed by atoms with Gasteiger partial charge < -0.3 is 14.5 Å². The Morgan fingerprint density at radius 2 is 2.10 bits per heavy atom. The number of carbonyl (C=O) groups is 1. The zero-order valence-corrected chi connectivity index (χ0v) is 13.0. The minimum Gasteiger partial charge on any atom is -0.484 e. The number of hydrogen-bond acceptors (Lipinski definition) is 3. The molecule has 21 heavy (non-hydrogen) atoms. The third-order valence-corrected chi connectivity index (χ3v) is 3.95. The van der Waals surface area contributed by atoms with Crippen LogP contribution in [0.3, 0.4) is 0 Å². The molecule has 1 aromatic rings. The number of alkyl halides is 1. The van der Waals surface area contributed by atoms with Crippen molar-refractivity contribution in [3.63, 3.8) is 0 Å². The molecule has 1 fully saturated rings. The summed E-state index contributed by atoms with van der Waals surface area (Å²) < 4.78 is 19.4. The molecule has 1 saturated heterocycles. The van der Waals surface area contributed by atoms with Gasteiger partial charge in [0.05, 0.1) is 6.54 Å². The summed E-state index contributed by atoms with van der Waals surface area (Å²) in [4.78, 5) is 15.5. The second-order valence-electron chi connectivity index (χ2n) is 5.42. The summed E-state index contributed by atoms with van der Waals surface area (Å²) in [5.41, 5.74) is 0. The Hall–Kier alpha value is -1.33. The maximum absolute atomic E-state index is 14.0. The van der Waals surface area contributed by atoms with E-state index in [4.69, 9.17) is 16.3 Å². The highest BCUT2D eigenvalue weighted by Crippen LogP contribution is 2.19. The fraction of sp³-hybridized carbons (Fsp3) is 0.533. The lowest BCUT2D eigenvalue weighted by molar-refractivity contribution is -0.136. The zero-order chi connectivity index (χ0) is 15.4. The predicted octanol–water partition coefficient (Wildman–Crippen LogP) is 2.22. The number of carbonyl (C=O) groups excluding carboxylic acids is 1. The van der Waals surface area contributed by atoms with E-state index in [-0.39, 0.29) is 25.1 Å². The van der Waals surface area contributed by atoms with Crippen LogP contribution in [0.15, 0.2) is 24.3 Å². The summed E-state index contributed by atoms with van der Waals surface area (Å²) in [6.45, 7) is 0.610. The molecule has 116 valence electrons. The normalized spacial score (nSPS) is 22.4. The molecule has 2 atom stereocenters. The second kappa shape index (κ2) is 7.09. The Kier molecular flexibility index (Phi) is 5.42. The van der Waals surface area contributed by atoms with Crippen molar-refractivity contribution in [3.8, 4) is 5.75 Å². The summed E-state index contributed by atoms with van der Waals surface area (Å²) in [6, 6.07) is 6.67. The molecular formula is C15H20ClFN2O2. The lowest BCUT2D eigenvalue weighted by atomic mass is 10.0. The lowest BCUT2D eigenvalue weighted by Gasteiger charge is -2.37. The summed E-state index contributed by atoms with van der Waals surface area (Å²) in [5.74, 6) is 0.387. The number of rotatable bonds is 4. The molecule has 0 spiro atoms. The van der Waals surface area contributed by atoms with Gasteiger partial charge in [0, 0.05) is 17.6 Å². The van der Waals surface area contributed by atoms with Gasteiger partial charge in [-0.1, -0.05) is 11.6 Å². The number of hydrogen-bond donors (Lipinski definition) is 0. The first-order valence-corrected chi connectivity index (χ1v) is 7.32. The molecule has 0 radical (unpaired) electrons. The standard InChI is InChI=1S/C15H20ClFN2O2/c1-18(2)14-7-8-19(9-13(14)17)15(20)10-21-12-5-3-11(16)4-6-12/h3-6,13-14H,7-10H2,1-2H3. The quantitative estimate of drug-likeness (QED) is 0.854. The highest BCUT2D eigenvalue weighted by molar-refractivity contribution is 6.30. The Morgan fingerprint density at radius 3 is 2.67 bits per heavy atom. The molecule has 0 N–H and O–H groups in total. The number of ether oxygens (including phenoxy) is 1. The Balaban J connectivity index is 1.83. The van der Waals surface area contributed by atoms with Gasteiger partial charge in [0.1, 0.15) is 11.9 Å². The first kappa shape index (κ1) is 16.0. The van der Waals surface area contributed by atoms with E-state index in [0.29, 0.717) is 23.7 Å². The average molecular weight is 315 g/mol. The molecule has 2 rings (SSSR count). The van der Waals surface area contributed by atoms with E-state index in [1.807, 2.05) is 19.0 Å². The van der Waals surface area contributed by atoms with Crippen molar-refractivity contribution in [2.24, 2.45) is 0 Å². The molecule has 2 unspecified atom stereocenters. The average Bonchev–Trinajstić information content (AvgIpc) is 2.45. The molecule has 0 aromatic heterocycles. The van der Waals surface area contributed by atoms with Crippen LogP contribution in [-0.4, -0.2) is 61.7 Å². The van der Waals surface area contributed by atoms with Gasteiger partial charge in [-0.25, -0.2) is 4.39 Å². The van der Waals surface area contributed by atoms with Crippen LogP contribution in [0.2, 0.25) is 5.02 Å². The van der Waals surface area contributed by atoms with E-state index >= 15 is 0 Å². The predicted molar refractivity (Wildman–Crippen MR) is 80.5 cm³/mol. The second-order valence-corrected chi connectivity index (χ2v) is 5.85. The van der Waals surface area contributed by atoms with Gasteiger partial charge in [-0.3, -0.25) is 4.79 Å². The third kappa shape index (κ3) is 4.32. The first-order chi connectivity index (χ1) is 9.97. The maximum atomic E-state index is 14.0. The van der Waals surface area contributed by atoms with Crippen molar-refractivity contribution in [2.75, 3.05) is 33.8 Å². The van der Waals surface area contributed by atoms with Gasteiger partial charge in [-0.15, -0.1) is 0 Å². The van der Waals surface area contributed by atoms with Gasteiger partial charge in [-0.05, 0) is 44.8 Å². The number of amides is 1. The lowest BCUT2D eigenvalue weighted by Crippen LogP contribution is -2.52. The number of likely N-dealkylation sites (tertiary alicyclic amines) is 1. The third-order valence-electron chi connectivity index (χ3n) is 3.70. The van der Waals surface area contributed by atoms with E-state index in [9.17, 15) is 9.18 Å². The first-order valence-electron chi connectivity index (χ1n) is 6.94. The molecule has 0 bridgehead atoms. The van der Waals surface area contributed by atoms with Gasteiger partial charge in [0.15, 0.2) is 6.61 Å². The highest BCUT2D eigenvalue weighted by atomic mass is 35.5. The maximum Gasteiger partial charge on any atom is 0.260 e. The van der Waals surface area contributed by atoms with Crippen LogP contribution in [0.4, 0.5) is 4.39 Å². The monoisotopic (exact) mass is 314 g/mol. The summed E-state index contributed by atoms with van der Waals surface area (Å²) in [5, 5.41) is 0.611. The van der Waals surface area contributed by atoms with Crippen molar-refractivity contribution in [3.05, 3.63) is 29.3 Å². The van der Waals surface area contributed by atoms with Crippen molar-refractivity contribution < 1.29 is 13.9 Å². The highest BCUT2D eigenvalue weighted by Gasteiger charge is 2.32. The minimum atomic E-state index is -1.02. The van der Waals surface area contributed by atoms with Crippen LogP contribution in [0.5, 0.6) is 5.75 Å². The van der Waals surface area contributed by atoms with E-state index in [1.54, 1.807) is 24.3 Å². The Morgan fingerprint density at radius 1 is 1.43 bits per heavy atom. The topological polar surface area (TPSA) is 32.8 Å². The Labute approximate surface area is 129 Å². The van der Waals surface area contributed by atoms with E-state index in [0.717, 1.165) is 0 Å². The molecule has 0 aliphatic carbocycles. The smallest absolute Gasteiger partial charge is 0.260 e. The van der Waals surface area contributed by atoms with Crippen molar-refractivity contribution in [1.29, 1.82) is 0 Å². The fourth-order valence-corrected chi connectivity index (χ4v) is 2.59. The number of benzene rings is 1. The molecule has 1 amide bonds. The molecule has 1 heterocycles. The fourth-order valence-electron chi connectivity index (χ4n) is 2.47. The van der Waals surface area contributed by atoms with Crippen molar-refractivity contribution in [2.45, 2.75) is 18.6 Å².